The summed E-state index contributed by atoms with van der Waals surface area (Å²) in [6.45, 7) is 5.37. The second-order valence-electron chi connectivity index (χ2n) is 8.62. The lowest BCUT2D eigenvalue weighted by Gasteiger charge is -2.27. The second-order valence-corrected chi connectivity index (χ2v) is 10.5. The van der Waals surface area contributed by atoms with Gasteiger partial charge >= 0.3 is 0 Å². The Morgan fingerprint density at radius 2 is 1.54 bits per heavy atom. The molecule has 3 aromatic carbocycles. The van der Waals surface area contributed by atoms with Crippen LogP contribution in [0.4, 0.5) is 0 Å². The molecule has 0 radical (unpaired) electrons. The number of amides is 2. The van der Waals surface area contributed by atoms with Gasteiger partial charge in [-0.3, -0.25) is 9.59 Å². The highest BCUT2D eigenvalue weighted by Crippen LogP contribution is 2.24. The van der Waals surface area contributed by atoms with E-state index in [1.165, 1.54) is 10.5 Å². The van der Waals surface area contributed by atoms with Gasteiger partial charge in [0.05, 0.1) is 28.6 Å². The minimum atomic E-state index is -3.97. The van der Waals surface area contributed by atoms with Gasteiger partial charge in [0.25, 0.3) is 11.8 Å². The summed E-state index contributed by atoms with van der Waals surface area (Å²) in [5.74, 6) is -1.09. The predicted octanol–water partition coefficient (Wildman–Crippen LogP) is 4.61. The fourth-order valence-electron chi connectivity index (χ4n) is 4.14. The van der Waals surface area contributed by atoms with E-state index in [1.54, 1.807) is 54.6 Å². The Kier molecular flexibility index (Phi) is 7.94. The Morgan fingerprint density at radius 1 is 0.946 bits per heavy atom. The van der Waals surface area contributed by atoms with E-state index < -0.39 is 27.9 Å². The van der Waals surface area contributed by atoms with Crippen LogP contribution in [-0.4, -0.2) is 48.3 Å². The number of sulfonamides is 1. The van der Waals surface area contributed by atoms with Gasteiger partial charge in [-0.25, -0.2) is 8.42 Å². The number of hydrogen-bond donors (Lipinski definition) is 0. The Hall–Kier alpha value is -4.10. The third-order valence-electron chi connectivity index (χ3n) is 6.11. The Morgan fingerprint density at radius 3 is 2.14 bits per heavy atom. The Balaban J connectivity index is 1.63. The van der Waals surface area contributed by atoms with Gasteiger partial charge in [-0.05, 0) is 55.7 Å². The van der Waals surface area contributed by atoms with Gasteiger partial charge in [-0.1, -0.05) is 66.7 Å². The Bertz CT molecular complexity index is 1440. The molecule has 0 aromatic heterocycles. The zero-order valence-corrected chi connectivity index (χ0v) is 21.3. The van der Waals surface area contributed by atoms with Gasteiger partial charge in [-0.15, -0.1) is 5.73 Å². The minimum Gasteiger partial charge on any atom is -0.267 e. The van der Waals surface area contributed by atoms with Crippen molar-refractivity contribution in [1.82, 2.24) is 9.31 Å². The van der Waals surface area contributed by atoms with Crippen molar-refractivity contribution in [3.63, 3.8) is 0 Å². The molecule has 1 aliphatic heterocycles. The summed E-state index contributed by atoms with van der Waals surface area (Å²) in [7, 11) is -3.97. The monoisotopic (exact) mass is 513 g/mol. The van der Waals surface area contributed by atoms with Crippen LogP contribution in [0.5, 0.6) is 0 Å². The van der Waals surface area contributed by atoms with Crippen molar-refractivity contribution < 1.29 is 18.0 Å². The highest BCUT2D eigenvalue weighted by atomic mass is 32.2. The molecule has 37 heavy (non-hydrogen) atoms. The summed E-state index contributed by atoms with van der Waals surface area (Å²) < 4.78 is 28.8. The quantitative estimate of drug-likeness (QED) is 0.225. The lowest BCUT2D eigenvalue weighted by molar-refractivity contribution is 0.0659. The largest absolute Gasteiger partial charge is 0.282 e. The molecule has 1 atom stereocenters. The molecular weight excluding hydrogens is 486 g/mol. The van der Waals surface area contributed by atoms with Crippen LogP contribution in [-0.2, 0) is 16.4 Å². The summed E-state index contributed by atoms with van der Waals surface area (Å²) in [6, 6.07) is 22.2. The molecule has 0 fully saturated rings. The first-order valence-electron chi connectivity index (χ1n) is 11.8. The standard InChI is InChI=1S/C29H27N3O4S/c1-3-9-24(17-16-23-10-5-4-6-11-23)31(37(35,36)25-18-14-22(2)15-19-25)21-20-30-32-28(33)26-12-7-8-13-27(26)29(32)34/h4-15,18-20,24H,1,16-17,21H2,2H3/b30-20+. The number of hydrogen-bond acceptors (Lipinski definition) is 5. The summed E-state index contributed by atoms with van der Waals surface area (Å²) in [5.41, 5.74) is 5.27. The van der Waals surface area contributed by atoms with E-state index >= 15 is 0 Å². The first-order valence-corrected chi connectivity index (χ1v) is 13.3. The van der Waals surface area contributed by atoms with Crippen LogP contribution in [0.15, 0.2) is 107 Å². The smallest absolute Gasteiger partial charge is 0.267 e. The number of carbonyl (C=O) groups excluding carboxylic acids is 2. The van der Waals surface area contributed by atoms with E-state index in [0.29, 0.717) is 12.8 Å². The van der Waals surface area contributed by atoms with E-state index in [2.05, 4.69) is 17.4 Å². The van der Waals surface area contributed by atoms with E-state index in [-0.39, 0.29) is 22.6 Å². The molecule has 0 spiro atoms. The van der Waals surface area contributed by atoms with Crippen LogP contribution in [0, 0.1) is 6.92 Å². The molecule has 4 rings (SSSR count). The maximum absolute atomic E-state index is 13.8. The minimum absolute atomic E-state index is 0.134. The Labute approximate surface area is 217 Å². The van der Waals surface area contributed by atoms with E-state index in [1.807, 2.05) is 37.3 Å². The first kappa shape index (κ1) is 26.0. The van der Waals surface area contributed by atoms with Crippen LogP contribution in [0.25, 0.3) is 0 Å². The molecule has 0 N–H and O–H groups in total. The number of rotatable bonds is 10. The molecule has 0 bridgehead atoms. The molecular formula is C29H27N3O4S. The summed E-state index contributed by atoms with van der Waals surface area (Å²) >= 11 is 0. The van der Waals surface area contributed by atoms with Crippen molar-refractivity contribution in [1.29, 1.82) is 0 Å². The molecule has 1 unspecified atom stereocenters. The lowest BCUT2D eigenvalue weighted by Crippen LogP contribution is -2.41. The van der Waals surface area contributed by atoms with Crippen LogP contribution in [0.2, 0.25) is 0 Å². The molecule has 0 saturated heterocycles. The molecule has 0 saturated carbocycles. The van der Waals surface area contributed by atoms with Crippen molar-refractivity contribution in [2.75, 3.05) is 6.54 Å². The molecule has 7 nitrogen and oxygen atoms in total. The SMILES string of the molecule is C=C=CC(CCc1ccccc1)N(C/C=N/N1C(=O)c2ccccc2C1=O)S(=O)(=O)c1ccc(C)cc1. The molecule has 188 valence electrons. The van der Waals surface area contributed by atoms with E-state index in [0.717, 1.165) is 16.1 Å². The summed E-state index contributed by atoms with van der Waals surface area (Å²) in [6.07, 6.45) is 3.99. The first-order chi connectivity index (χ1) is 17.8. The molecule has 1 heterocycles. The van der Waals surface area contributed by atoms with Gasteiger partial charge in [0.1, 0.15) is 0 Å². The number of fused-ring (bicyclic) bond motifs is 1. The normalized spacial score (nSPS) is 14.2. The fraction of sp³-hybridized carbons (Fsp3) is 0.172. The summed E-state index contributed by atoms with van der Waals surface area (Å²) in [4.78, 5) is 25.5. The third-order valence-corrected chi connectivity index (χ3v) is 8.02. The third kappa shape index (κ3) is 5.67. The van der Waals surface area contributed by atoms with Gasteiger partial charge in [0.2, 0.25) is 10.0 Å². The number of carbonyl (C=O) groups is 2. The van der Waals surface area contributed by atoms with Crippen LogP contribution in [0.1, 0.15) is 38.3 Å². The van der Waals surface area contributed by atoms with Gasteiger partial charge in [-0.2, -0.15) is 14.4 Å². The van der Waals surface area contributed by atoms with Gasteiger partial charge in [0, 0.05) is 6.21 Å². The van der Waals surface area contributed by atoms with E-state index in [4.69, 9.17) is 0 Å². The van der Waals surface area contributed by atoms with Gasteiger partial charge in [0.15, 0.2) is 0 Å². The van der Waals surface area contributed by atoms with Crippen molar-refractivity contribution in [3.05, 3.63) is 120 Å². The van der Waals surface area contributed by atoms with Crippen LogP contribution in [0.3, 0.4) is 0 Å². The topological polar surface area (TPSA) is 87.1 Å². The zero-order valence-electron chi connectivity index (χ0n) is 20.4. The molecule has 2 amide bonds. The number of nitrogens with zero attached hydrogens (tertiary/aromatic N) is 3. The molecule has 3 aromatic rings. The van der Waals surface area contributed by atoms with Crippen molar-refractivity contribution in [2.45, 2.75) is 30.7 Å². The maximum atomic E-state index is 13.8. The number of imide groups is 1. The van der Waals surface area contributed by atoms with Crippen molar-refractivity contribution >= 4 is 28.1 Å². The fourth-order valence-corrected chi connectivity index (χ4v) is 5.68. The second kappa shape index (κ2) is 11.3. The lowest BCUT2D eigenvalue weighted by atomic mass is 10.1. The zero-order chi connectivity index (χ0) is 26.4. The average Bonchev–Trinajstić information content (AvgIpc) is 3.15. The molecule has 1 aliphatic rings. The highest BCUT2D eigenvalue weighted by molar-refractivity contribution is 7.89. The van der Waals surface area contributed by atoms with Gasteiger partial charge < -0.3 is 0 Å². The van der Waals surface area contributed by atoms with Crippen LogP contribution < -0.4 is 0 Å². The molecule has 8 heteroatoms. The number of aryl methyl sites for hydroxylation is 2. The van der Waals surface area contributed by atoms with Crippen molar-refractivity contribution in [3.8, 4) is 0 Å². The maximum Gasteiger partial charge on any atom is 0.282 e. The number of hydrazone groups is 1. The average molecular weight is 514 g/mol. The van der Waals surface area contributed by atoms with Crippen LogP contribution >= 0.6 is 0 Å². The highest BCUT2D eigenvalue weighted by Gasteiger charge is 2.35. The summed E-state index contributed by atoms with van der Waals surface area (Å²) in [5, 5.41) is 4.84. The predicted molar refractivity (Wildman–Crippen MR) is 143 cm³/mol. The van der Waals surface area contributed by atoms with E-state index in [9.17, 15) is 18.0 Å². The number of benzene rings is 3. The van der Waals surface area contributed by atoms with Crippen molar-refractivity contribution in [2.24, 2.45) is 5.10 Å². The molecule has 0 aliphatic carbocycles.